The Morgan fingerprint density at radius 1 is 1.13 bits per heavy atom. The molecule has 1 aliphatic carbocycles. The molecule has 0 radical (unpaired) electrons. The van der Waals surface area contributed by atoms with E-state index < -0.39 is 62.1 Å². The van der Waals surface area contributed by atoms with Crippen molar-refractivity contribution in [2.45, 2.75) is 51.0 Å². The van der Waals surface area contributed by atoms with Crippen molar-refractivity contribution in [3.05, 3.63) is 33.8 Å². The largest absolute Gasteiger partial charge is 0.0571 e. The highest BCUT2D eigenvalue weighted by Gasteiger charge is 2.36. The molecule has 1 aromatic rings. The highest BCUT2D eigenvalue weighted by Crippen LogP contribution is 2.46. The molecule has 1 aliphatic rings. The number of benzene rings is 1. The average Bonchev–Trinajstić information content (AvgIpc) is 2.42. The molecule has 0 nitrogen and oxygen atoms in total. The standard InChI is InChI=1S/C14H19Br/c1-13(2)7-8-14(3,4)12-9-10(15)5-6-11(12)13/h5-6,9H,7-8H2,1-4H3/i1D3,2D3,3D3,4D3,7D2,8D2. The van der Waals surface area contributed by atoms with Crippen LogP contribution in [0.15, 0.2) is 22.7 Å². The van der Waals surface area contributed by atoms with Crippen molar-refractivity contribution in [2.75, 3.05) is 0 Å². The lowest BCUT2D eigenvalue weighted by molar-refractivity contribution is 0.331. The zero-order chi connectivity index (χ0) is 24.9. The lowest BCUT2D eigenvalue weighted by Gasteiger charge is -2.41. The molecule has 2 rings (SSSR count). The molecule has 0 fully saturated rings. The summed E-state index contributed by atoms with van der Waals surface area (Å²) in [6.45, 7) is -14.9. The number of hydrogen-bond donors (Lipinski definition) is 0. The van der Waals surface area contributed by atoms with Gasteiger partial charge >= 0.3 is 0 Å². The van der Waals surface area contributed by atoms with Crippen molar-refractivity contribution < 1.29 is 21.9 Å². The van der Waals surface area contributed by atoms with Gasteiger partial charge in [-0.05, 0) is 46.8 Å². The van der Waals surface area contributed by atoms with E-state index in [1.54, 1.807) is 0 Å². The van der Waals surface area contributed by atoms with Gasteiger partial charge in [0.15, 0.2) is 0 Å². The van der Waals surface area contributed by atoms with Crippen molar-refractivity contribution in [3.8, 4) is 0 Å². The van der Waals surface area contributed by atoms with E-state index in [9.17, 15) is 0 Å². The van der Waals surface area contributed by atoms with E-state index in [1.807, 2.05) is 0 Å². The van der Waals surface area contributed by atoms with Gasteiger partial charge in [-0.15, -0.1) is 0 Å². The van der Waals surface area contributed by atoms with Crippen LogP contribution in [0.3, 0.4) is 0 Å². The van der Waals surface area contributed by atoms with Gasteiger partial charge < -0.3 is 0 Å². The Morgan fingerprint density at radius 3 is 2.33 bits per heavy atom. The molecular formula is C14H19Br. The van der Waals surface area contributed by atoms with Gasteiger partial charge in [0, 0.05) is 26.4 Å². The molecular weight excluding hydrogens is 248 g/mol. The maximum atomic E-state index is 8.52. The van der Waals surface area contributed by atoms with Crippen molar-refractivity contribution in [1.82, 2.24) is 0 Å². The maximum Gasteiger partial charge on any atom is 0.0276 e. The molecule has 0 saturated heterocycles. The molecule has 0 unspecified atom stereocenters. The fourth-order valence-corrected chi connectivity index (χ4v) is 1.84. The summed E-state index contributed by atoms with van der Waals surface area (Å²) in [6.07, 6.45) is -7.98. The van der Waals surface area contributed by atoms with Crippen molar-refractivity contribution in [2.24, 2.45) is 0 Å². The number of hydrogen-bond acceptors (Lipinski definition) is 0. The van der Waals surface area contributed by atoms with Crippen LogP contribution in [0.2, 0.25) is 0 Å². The first-order valence-electron chi connectivity index (χ1n) is 12.2. The molecule has 0 aliphatic heterocycles. The predicted octanol–water partition coefficient (Wildman–Crippen LogP) is 4.80. The van der Waals surface area contributed by atoms with Gasteiger partial charge in [-0.2, -0.15) is 0 Å². The van der Waals surface area contributed by atoms with Crippen molar-refractivity contribution in [3.63, 3.8) is 0 Å². The third-order valence-electron chi connectivity index (χ3n) is 2.23. The predicted molar refractivity (Wildman–Crippen MR) is 69.4 cm³/mol. The van der Waals surface area contributed by atoms with Crippen LogP contribution in [0.5, 0.6) is 0 Å². The van der Waals surface area contributed by atoms with Crippen LogP contribution in [-0.2, 0) is 10.8 Å². The van der Waals surface area contributed by atoms with E-state index in [0.29, 0.717) is 0 Å². The molecule has 0 bridgehead atoms. The number of halogens is 1. The van der Waals surface area contributed by atoms with Crippen LogP contribution in [0.4, 0.5) is 0 Å². The average molecular weight is 283 g/mol. The van der Waals surface area contributed by atoms with Crippen LogP contribution in [0.25, 0.3) is 0 Å². The van der Waals surface area contributed by atoms with E-state index in [4.69, 9.17) is 21.9 Å². The Kier molecular flexibility index (Phi) is 0.612. The lowest BCUT2D eigenvalue weighted by Crippen LogP contribution is -2.33. The molecule has 0 saturated carbocycles. The molecule has 1 heteroatoms. The Bertz CT molecular complexity index is 840. The summed E-state index contributed by atoms with van der Waals surface area (Å²) >= 11 is 3.02. The first kappa shape index (κ1) is 2.75. The minimum atomic E-state index is -3.99. The molecule has 1 aromatic carbocycles. The smallest absolute Gasteiger partial charge is 0.0276 e. The highest BCUT2D eigenvalue weighted by atomic mass is 79.9. The van der Waals surface area contributed by atoms with E-state index in [1.165, 1.54) is 0 Å². The van der Waals surface area contributed by atoms with Crippen LogP contribution in [0.1, 0.15) is 73.2 Å². The van der Waals surface area contributed by atoms with Gasteiger partial charge in [0.25, 0.3) is 0 Å². The Hall–Kier alpha value is -0.300. The minimum absolute atomic E-state index is 0.0346. The quantitative estimate of drug-likeness (QED) is 0.641. The Balaban J connectivity index is 3.42. The van der Waals surface area contributed by atoms with Crippen molar-refractivity contribution >= 4 is 15.9 Å². The monoisotopic (exact) mass is 282 g/mol. The van der Waals surface area contributed by atoms with Crippen LogP contribution < -0.4 is 0 Å². The third kappa shape index (κ3) is 1.87. The zero-order valence-corrected chi connectivity index (χ0v) is 9.20. The first-order chi connectivity index (χ1) is 13.4. The second-order valence-electron chi connectivity index (χ2n) is 3.44. The molecule has 0 atom stereocenters. The van der Waals surface area contributed by atoms with E-state index in [2.05, 4.69) is 15.9 Å². The summed E-state index contributed by atoms with van der Waals surface area (Å²) in [4.78, 5) is 0. The summed E-state index contributed by atoms with van der Waals surface area (Å²) in [6, 6.07) is 2.83. The fraction of sp³-hybridized carbons (Fsp3) is 0.571. The molecule has 82 valence electrons. The van der Waals surface area contributed by atoms with Crippen molar-refractivity contribution in [1.29, 1.82) is 0 Å². The topological polar surface area (TPSA) is 0 Å². The van der Waals surface area contributed by atoms with Gasteiger partial charge in [0.1, 0.15) is 0 Å². The molecule has 15 heavy (non-hydrogen) atoms. The SMILES string of the molecule is [2H]C([2H])([2H])C1(C([2H])([2H])[2H])c2ccc(Br)cc2C(C([2H])([2H])[2H])(C([2H])([2H])[2H])C([2H])([2H])C1([2H])[2H]. The van der Waals surface area contributed by atoms with Gasteiger partial charge in [0.2, 0.25) is 0 Å². The fourth-order valence-electron chi connectivity index (χ4n) is 1.48. The van der Waals surface area contributed by atoms with E-state index in [0.717, 1.165) is 18.2 Å². The minimum Gasteiger partial charge on any atom is -0.0571 e. The molecule has 0 N–H and O–H groups in total. The first-order valence-corrected chi connectivity index (χ1v) is 4.97. The van der Waals surface area contributed by atoms with Gasteiger partial charge in [-0.1, -0.05) is 49.4 Å². The van der Waals surface area contributed by atoms with Crippen LogP contribution in [-0.4, -0.2) is 0 Å². The Labute approximate surface area is 124 Å². The van der Waals surface area contributed by atoms with E-state index in [-0.39, 0.29) is 4.47 Å². The second kappa shape index (κ2) is 3.35. The Morgan fingerprint density at radius 2 is 1.73 bits per heavy atom. The third-order valence-corrected chi connectivity index (χ3v) is 2.72. The summed E-state index contributed by atoms with van der Waals surface area (Å²) in [5.74, 6) is 0. The van der Waals surface area contributed by atoms with Gasteiger partial charge in [-0.25, -0.2) is 0 Å². The van der Waals surface area contributed by atoms with Crippen LogP contribution in [0, 0.1) is 0 Å². The molecule has 0 aromatic heterocycles. The summed E-state index contributed by atoms with van der Waals surface area (Å²) in [5.41, 5.74) is -8.94. The number of rotatable bonds is 0. The van der Waals surface area contributed by atoms with E-state index >= 15 is 0 Å². The second-order valence-corrected chi connectivity index (χ2v) is 4.36. The summed E-state index contributed by atoms with van der Waals surface area (Å²) in [7, 11) is 0. The normalized spacial score (nSPS) is 48.1. The number of fused-ring (bicyclic) bond motifs is 1. The lowest BCUT2D eigenvalue weighted by atomic mass is 9.63. The molecule has 0 amide bonds. The highest BCUT2D eigenvalue weighted by molar-refractivity contribution is 9.10. The molecule has 0 heterocycles. The van der Waals surface area contributed by atoms with Crippen LogP contribution >= 0.6 is 15.9 Å². The maximum absolute atomic E-state index is 8.52. The zero-order valence-electron chi connectivity index (χ0n) is 23.6. The molecule has 0 spiro atoms. The summed E-state index contributed by atoms with van der Waals surface area (Å²) < 4.78 is 130. The van der Waals surface area contributed by atoms with Gasteiger partial charge in [-0.3, -0.25) is 0 Å². The summed E-state index contributed by atoms with van der Waals surface area (Å²) in [5, 5.41) is 0. The van der Waals surface area contributed by atoms with Gasteiger partial charge in [0.05, 0.1) is 0 Å².